The molecular formula is C9H11N5O. The molecule has 0 aliphatic carbocycles. The summed E-state index contributed by atoms with van der Waals surface area (Å²) in [5, 5.41) is 6.94. The van der Waals surface area contributed by atoms with Crippen LogP contribution in [0.2, 0.25) is 0 Å². The maximum atomic E-state index is 4.62. The molecule has 0 aromatic carbocycles. The first-order chi connectivity index (χ1) is 7.45. The molecule has 0 atom stereocenters. The third kappa shape index (κ3) is 3.10. The maximum absolute atomic E-state index is 4.62. The van der Waals surface area contributed by atoms with Crippen LogP contribution in [0.25, 0.3) is 0 Å². The van der Waals surface area contributed by atoms with Crippen molar-refractivity contribution in [1.29, 1.82) is 0 Å². The Kier molecular flexibility index (Phi) is 3.34. The van der Waals surface area contributed by atoms with Crippen molar-refractivity contribution >= 4 is 0 Å². The van der Waals surface area contributed by atoms with Crippen LogP contribution in [-0.4, -0.2) is 26.7 Å². The van der Waals surface area contributed by atoms with Gasteiger partial charge in [0.15, 0.2) is 5.82 Å². The van der Waals surface area contributed by atoms with E-state index in [9.17, 15) is 0 Å². The van der Waals surface area contributed by atoms with E-state index in [1.54, 1.807) is 6.20 Å². The largest absolute Gasteiger partial charge is 0.343 e. The fourth-order valence-electron chi connectivity index (χ4n) is 1.14. The van der Waals surface area contributed by atoms with Crippen molar-refractivity contribution in [1.82, 2.24) is 25.4 Å². The van der Waals surface area contributed by atoms with Crippen molar-refractivity contribution in [3.05, 3.63) is 36.5 Å². The molecule has 2 aromatic rings. The molecule has 0 saturated heterocycles. The van der Waals surface area contributed by atoms with Crippen molar-refractivity contribution in [2.24, 2.45) is 0 Å². The molecule has 0 spiro atoms. The highest BCUT2D eigenvalue weighted by Gasteiger charge is 1.97. The predicted octanol–water partition coefficient (Wildman–Crippen LogP) is 0.192. The molecule has 2 heterocycles. The van der Waals surface area contributed by atoms with Crippen LogP contribution in [0.4, 0.5) is 0 Å². The predicted molar refractivity (Wildman–Crippen MR) is 51.7 cm³/mol. The van der Waals surface area contributed by atoms with Gasteiger partial charge in [-0.3, -0.25) is 0 Å². The Balaban J connectivity index is 1.68. The molecule has 6 nitrogen and oxygen atoms in total. The second-order valence-corrected chi connectivity index (χ2v) is 2.97. The van der Waals surface area contributed by atoms with E-state index in [1.165, 1.54) is 12.7 Å². The van der Waals surface area contributed by atoms with Gasteiger partial charge in [0.1, 0.15) is 6.33 Å². The van der Waals surface area contributed by atoms with Gasteiger partial charge in [-0.05, 0) is 6.07 Å². The Morgan fingerprint density at radius 1 is 1.33 bits per heavy atom. The Morgan fingerprint density at radius 3 is 3.07 bits per heavy atom. The van der Waals surface area contributed by atoms with E-state index >= 15 is 0 Å². The van der Waals surface area contributed by atoms with Gasteiger partial charge >= 0.3 is 0 Å². The van der Waals surface area contributed by atoms with E-state index in [0.29, 0.717) is 5.82 Å². The maximum Gasteiger partial charge on any atom is 0.213 e. The average molecular weight is 205 g/mol. The molecule has 78 valence electrons. The van der Waals surface area contributed by atoms with Gasteiger partial charge in [-0.2, -0.15) is 4.98 Å². The number of aromatic nitrogens is 4. The normalized spacial score (nSPS) is 10.4. The van der Waals surface area contributed by atoms with Gasteiger partial charge in [-0.1, -0.05) is 5.16 Å². The van der Waals surface area contributed by atoms with Crippen LogP contribution in [0.15, 0.2) is 29.5 Å². The fraction of sp³-hybridized carbons (Fsp3) is 0.333. The summed E-state index contributed by atoms with van der Waals surface area (Å²) in [5.74, 6) is 0.713. The zero-order valence-electron chi connectivity index (χ0n) is 8.13. The number of hydrogen-bond acceptors (Lipinski definition) is 6. The summed E-state index contributed by atoms with van der Waals surface area (Å²) >= 11 is 0. The molecule has 6 heteroatoms. The van der Waals surface area contributed by atoms with Crippen LogP contribution in [0, 0.1) is 0 Å². The van der Waals surface area contributed by atoms with E-state index < -0.39 is 0 Å². The monoisotopic (exact) mass is 205 g/mol. The minimum Gasteiger partial charge on any atom is -0.343 e. The number of hydrogen-bond donors (Lipinski definition) is 1. The first-order valence-corrected chi connectivity index (χ1v) is 4.66. The summed E-state index contributed by atoms with van der Waals surface area (Å²) < 4.78 is 4.62. The van der Waals surface area contributed by atoms with Crippen LogP contribution >= 0.6 is 0 Å². The molecule has 0 bridgehead atoms. The molecule has 0 fully saturated rings. The Bertz CT molecular complexity index is 375. The van der Waals surface area contributed by atoms with E-state index in [0.717, 1.165) is 25.2 Å². The van der Waals surface area contributed by atoms with Gasteiger partial charge in [-0.15, -0.1) is 0 Å². The smallest absolute Gasteiger partial charge is 0.213 e. The van der Waals surface area contributed by atoms with Gasteiger partial charge in [-0.25, -0.2) is 9.97 Å². The molecule has 0 radical (unpaired) electrons. The van der Waals surface area contributed by atoms with Gasteiger partial charge < -0.3 is 9.84 Å². The first-order valence-electron chi connectivity index (χ1n) is 4.66. The highest BCUT2D eigenvalue weighted by Crippen LogP contribution is 1.91. The average Bonchev–Trinajstić information content (AvgIpc) is 2.79. The second-order valence-electron chi connectivity index (χ2n) is 2.97. The van der Waals surface area contributed by atoms with Crippen molar-refractivity contribution in [2.75, 3.05) is 6.54 Å². The summed E-state index contributed by atoms with van der Waals surface area (Å²) in [4.78, 5) is 11.9. The molecule has 2 rings (SSSR count). The van der Waals surface area contributed by atoms with Crippen LogP contribution in [0.5, 0.6) is 0 Å². The fourth-order valence-corrected chi connectivity index (χ4v) is 1.14. The number of nitrogens with zero attached hydrogens (tertiary/aromatic N) is 4. The van der Waals surface area contributed by atoms with Crippen molar-refractivity contribution in [3.8, 4) is 0 Å². The number of nitrogens with one attached hydrogen (secondary N) is 1. The summed E-state index contributed by atoms with van der Waals surface area (Å²) in [5.41, 5.74) is 0.970. The zero-order chi connectivity index (χ0) is 10.3. The standard InChI is InChI=1S/C9H11N5O/c1-3-11-6-12-8(1)5-10-4-2-9-13-7-15-14-9/h1,3,6-7,10H,2,4-5H2. The van der Waals surface area contributed by atoms with Crippen LogP contribution in [0.3, 0.4) is 0 Å². The van der Waals surface area contributed by atoms with Crippen LogP contribution in [0.1, 0.15) is 11.5 Å². The Labute approximate surface area is 86.8 Å². The molecular weight excluding hydrogens is 194 g/mol. The molecule has 0 saturated carbocycles. The molecule has 0 unspecified atom stereocenters. The van der Waals surface area contributed by atoms with Gasteiger partial charge in [0, 0.05) is 25.7 Å². The summed E-state index contributed by atoms with van der Waals surface area (Å²) in [6, 6.07) is 1.88. The second kappa shape index (κ2) is 5.16. The molecule has 15 heavy (non-hydrogen) atoms. The lowest BCUT2D eigenvalue weighted by atomic mass is 10.3. The first kappa shape index (κ1) is 9.72. The number of rotatable bonds is 5. The lowest BCUT2D eigenvalue weighted by Crippen LogP contribution is -2.17. The van der Waals surface area contributed by atoms with E-state index in [1.807, 2.05) is 6.07 Å². The quantitative estimate of drug-likeness (QED) is 0.702. The lowest BCUT2D eigenvalue weighted by molar-refractivity contribution is 0.409. The van der Waals surface area contributed by atoms with Crippen molar-refractivity contribution in [3.63, 3.8) is 0 Å². The van der Waals surface area contributed by atoms with E-state index in [4.69, 9.17) is 0 Å². The minimum atomic E-state index is 0.713. The lowest BCUT2D eigenvalue weighted by Gasteiger charge is -2.01. The summed E-state index contributed by atoms with van der Waals surface area (Å²) in [7, 11) is 0. The molecule has 0 aliphatic heterocycles. The van der Waals surface area contributed by atoms with Gasteiger partial charge in [0.25, 0.3) is 0 Å². The molecule has 1 N–H and O–H groups in total. The van der Waals surface area contributed by atoms with Gasteiger partial charge in [0.05, 0.1) is 5.69 Å². The topological polar surface area (TPSA) is 76.7 Å². The highest BCUT2D eigenvalue weighted by atomic mass is 16.5. The summed E-state index contributed by atoms with van der Waals surface area (Å²) in [6.45, 7) is 1.52. The van der Waals surface area contributed by atoms with E-state index in [-0.39, 0.29) is 0 Å². The van der Waals surface area contributed by atoms with Crippen molar-refractivity contribution in [2.45, 2.75) is 13.0 Å². The van der Waals surface area contributed by atoms with Crippen LogP contribution < -0.4 is 5.32 Å². The van der Waals surface area contributed by atoms with E-state index in [2.05, 4.69) is 29.9 Å². The zero-order valence-corrected chi connectivity index (χ0v) is 8.13. The highest BCUT2D eigenvalue weighted by molar-refractivity contribution is 4.96. The van der Waals surface area contributed by atoms with Crippen molar-refractivity contribution < 1.29 is 4.52 Å². The summed E-state index contributed by atoms with van der Waals surface area (Å²) in [6.07, 6.45) is 5.35. The molecule has 0 aliphatic rings. The molecule has 2 aromatic heterocycles. The minimum absolute atomic E-state index is 0.713. The third-order valence-electron chi connectivity index (χ3n) is 1.88. The Hall–Kier alpha value is -1.82. The Morgan fingerprint density at radius 2 is 2.33 bits per heavy atom. The third-order valence-corrected chi connectivity index (χ3v) is 1.88. The van der Waals surface area contributed by atoms with Crippen LogP contribution in [-0.2, 0) is 13.0 Å². The molecule has 0 amide bonds. The SMILES string of the molecule is c1cc(CNCCc2ncon2)ncn1. The van der Waals surface area contributed by atoms with Gasteiger partial charge in [0.2, 0.25) is 6.39 Å².